The first-order valence-electron chi connectivity index (χ1n) is 9.60. The highest BCUT2D eigenvalue weighted by Crippen LogP contribution is 2.26. The zero-order chi connectivity index (χ0) is 21.1. The number of aryl methyl sites for hydroxylation is 2. The van der Waals surface area contributed by atoms with Crippen LogP contribution in [0.1, 0.15) is 32.9 Å². The van der Waals surface area contributed by atoms with Crippen molar-refractivity contribution in [1.82, 2.24) is 10.1 Å². The fraction of sp³-hybridized carbons (Fsp3) is 0.167. The van der Waals surface area contributed by atoms with Gasteiger partial charge in [-0.2, -0.15) is 0 Å². The minimum atomic E-state index is -0.140. The van der Waals surface area contributed by atoms with E-state index in [0.29, 0.717) is 34.3 Å². The highest BCUT2D eigenvalue weighted by atomic mass is 35.5. The Hall–Kier alpha value is -3.31. The monoisotopic (exact) mass is 420 g/mol. The van der Waals surface area contributed by atoms with Crippen molar-refractivity contribution in [3.8, 4) is 11.3 Å². The van der Waals surface area contributed by atoms with Crippen LogP contribution < -0.4 is 0 Å². The number of aromatic nitrogens is 1. The Bertz CT molecular complexity index is 1150. The van der Waals surface area contributed by atoms with Crippen molar-refractivity contribution in [2.75, 3.05) is 0 Å². The quantitative estimate of drug-likeness (QED) is 0.381. The molecule has 30 heavy (non-hydrogen) atoms. The summed E-state index contributed by atoms with van der Waals surface area (Å²) in [6.45, 7) is 4.70. The highest BCUT2D eigenvalue weighted by molar-refractivity contribution is 6.30. The van der Waals surface area contributed by atoms with Gasteiger partial charge in [0.05, 0.1) is 19.4 Å². The molecule has 0 fully saturated rings. The Kier molecular flexibility index (Phi) is 5.72. The number of furan rings is 1. The standard InChI is InChI=1S/C24H21ClN2O3/c1-16-5-10-22(17(2)12-16)23-13-20(26-30-23)14-27(15-21-4-3-11-29-21)24(28)18-6-8-19(25)9-7-18/h3-13H,14-15H2,1-2H3. The van der Waals surface area contributed by atoms with Crippen molar-refractivity contribution in [2.24, 2.45) is 0 Å². The zero-order valence-electron chi connectivity index (χ0n) is 16.8. The predicted molar refractivity (Wildman–Crippen MR) is 115 cm³/mol. The van der Waals surface area contributed by atoms with Crippen LogP contribution in [0.5, 0.6) is 0 Å². The molecule has 0 aliphatic carbocycles. The maximum absolute atomic E-state index is 13.1. The summed E-state index contributed by atoms with van der Waals surface area (Å²) in [5.74, 6) is 1.23. The number of amides is 1. The highest BCUT2D eigenvalue weighted by Gasteiger charge is 2.20. The third kappa shape index (κ3) is 4.47. The number of carbonyl (C=O) groups excluding carboxylic acids is 1. The van der Waals surface area contributed by atoms with Crippen LogP contribution in [0.4, 0.5) is 0 Å². The average Bonchev–Trinajstić information content (AvgIpc) is 3.40. The van der Waals surface area contributed by atoms with Gasteiger partial charge in [-0.25, -0.2) is 0 Å². The Morgan fingerprint density at radius 2 is 1.83 bits per heavy atom. The molecule has 0 atom stereocenters. The first-order chi connectivity index (χ1) is 14.5. The van der Waals surface area contributed by atoms with Gasteiger partial charge in [0.1, 0.15) is 11.5 Å². The van der Waals surface area contributed by atoms with E-state index in [4.69, 9.17) is 20.5 Å². The summed E-state index contributed by atoms with van der Waals surface area (Å²) in [6.07, 6.45) is 1.59. The molecule has 2 aromatic carbocycles. The van der Waals surface area contributed by atoms with Crippen LogP contribution in [0.25, 0.3) is 11.3 Å². The maximum atomic E-state index is 13.1. The van der Waals surface area contributed by atoms with Gasteiger partial charge in [-0.05, 0) is 55.8 Å². The maximum Gasteiger partial charge on any atom is 0.254 e. The predicted octanol–water partition coefficient (Wildman–Crippen LogP) is 6.05. The molecule has 1 amide bonds. The summed E-state index contributed by atoms with van der Waals surface area (Å²) < 4.78 is 11.0. The largest absolute Gasteiger partial charge is 0.467 e. The van der Waals surface area contributed by atoms with E-state index in [9.17, 15) is 4.79 Å². The van der Waals surface area contributed by atoms with Gasteiger partial charge in [0.2, 0.25) is 0 Å². The molecule has 0 aliphatic rings. The molecule has 4 rings (SSSR count). The first-order valence-corrected chi connectivity index (χ1v) is 9.98. The first kappa shape index (κ1) is 20.0. The number of halogens is 1. The lowest BCUT2D eigenvalue weighted by Gasteiger charge is -2.20. The molecule has 4 aromatic rings. The fourth-order valence-electron chi connectivity index (χ4n) is 3.36. The molecule has 0 N–H and O–H groups in total. The van der Waals surface area contributed by atoms with Gasteiger partial charge in [0.15, 0.2) is 5.76 Å². The molecule has 5 nitrogen and oxygen atoms in total. The summed E-state index contributed by atoms with van der Waals surface area (Å²) in [5.41, 5.74) is 4.50. The van der Waals surface area contributed by atoms with Crippen molar-refractivity contribution in [2.45, 2.75) is 26.9 Å². The lowest BCUT2D eigenvalue weighted by molar-refractivity contribution is 0.0714. The number of hydrogen-bond acceptors (Lipinski definition) is 4. The van der Waals surface area contributed by atoms with Crippen molar-refractivity contribution in [3.05, 3.63) is 100 Å². The van der Waals surface area contributed by atoms with Crippen LogP contribution in [0, 0.1) is 13.8 Å². The van der Waals surface area contributed by atoms with Gasteiger partial charge in [0.25, 0.3) is 5.91 Å². The molecule has 2 aromatic heterocycles. The zero-order valence-corrected chi connectivity index (χ0v) is 17.5. The molecule has 0 saturated heterocycles. The van der Waals surface area contributed by atoms with E-state index in [1.54, 1.807) is 41.5 Å². The molecule has 6 heteroatoms. The Balaban J connectivity index is 1.59. The minimum Gasteiger partial charge on any atom is -0.467 e. The average molecular weight is 421 g/mol. The van der Waals surface area contributed by atoms with Crippen LogP contribution in [0.15, 0.2) is 75.9 Å². The SMILES string of the molecule is Cc1ccc(-c2cc(CN(Cc3ccco3)C(=O)c3ccc(Cl)cc3)no2)c(C)c1. The van der Waals surface area contributed by atoms with Gasteiger partial charge in [-0.1, -0.05) is 40.5 Å². The number of carbonyl (C=O) groups is 1. The third-order valence-electron chi connectivity index (χ3n) is 4.86. The normalized spacial score (nSPS) is 10.9. The summed E-state index contributed by atoms with van der Waals surface area (Å²) >= 11 is 5.96. The van der Waals surface area contributed by atoms with Gasteiger partial charge in [-0.3, -0.25) is 4.79 Å². The molecule has 2 heterocycles. The molecule has 0 unspecified atom stereocenters. The Labute approximate surface area is 179 Å². The summed E-state index contributed by atoms with van der Waals surface area (Å²) in [7, 11) is 0. The molecule has 0 saturated carbocycles. The minimum absolute atomic E-state index is 0.140. The van der Waals surface area contributed by atoms with Crippen molar-refractivity contribution >= 4 is 17.5 Å². The second kappa shape index (κ2) is 8.59. The smallest absolute Gasteiger partial charge is 0.254 e. The van der Waals surface area contributed by atoms with Gasteiger partial charge in [0, 0.05) is 22.2 Å². The van der Waals surface area contributed by atoms with Crippen LogP contribution in [-0.4, -0.2) is 16.0 Å². The Morgan fingerprint density at radius 1 is 1.03 bits per heavy atom. The molecule has 152 valence electrons. The van der Waals surface area contributed by atoms with E-state index in [1.165, 1.54) is 5.56 Å². The van der Waals surface area contributed by atoms with Crippen LogP contribution >= 0.6 is 11.6 Å². The van der Waals surface area contributed by atoms with E-state index in [-0.39, 0.29) is 12.5 Å². The van der Waals surface area contributed by atoms with E-state index in [2.05, 4.69) is 18.1 Å². The molecule has 0 radical (unpaired) electrons. The summed E-state index contributed by atoms with van der Waals surface area (Å²) in [4.78, 5) is 14.8. The topological polar surface area (TPSA) is 59.5 Å². The summed E-state index contributed by atoms with van der Waals surface area (Å²) in [6, 6.07) is 18.5. The van der Waals surface area contributed by atoms with Gasteiger partial charge in [-0.15, -0.1) is 0 Å². The third-order valence-corrected chi connectivity index (χ3v) is 5.12. The second-order valence-corrected chi connectivity index (χ2v) is 7.68. The van der Waals surface area contributed by atoms with E-state index >= 15 is 0 Å². The number of hydrogen-bond donors (Lipinski definition) is 0. The van der Waals surface area contributed by atoms with Crippen LogP contribution in [0.3, 0.4) is 0 Å². The van der Waals surface area contributed by atoms with E-state index < -0.39 is 0 Å². The van der Waals surface area contributed by atoms with Gasteiger partial charge >= 0.3 is 0 Å². The second-order valence-electron chi connectivity index (χ2n) is 7.25. The number of benzene rings is 2. The van der Waals surface area contributed by atoms with Gasteiger partial charge < -0.3 is 13.8 Å². The summed E-state index contributed by atoms with van der Waals surface area (Å²) in [5, 5.41) is 4.78. The number of rotatable bonds is 6. The number of nitrogens with zero attached hydrogens (tertiary/aromatic N) is 2. The van der Waals surface area contributed by atoms with Crippen LogP contribution in [0.2, 0.25) is 5.02 Å². The van der Waals surface area contributed by atoms with Crippen molar-refractivity contribution in [3.63, 3.8) is 0 Å². The Morgan fingerprint density at radius 3 is 2.53 bits per heavy atom. The molecule has 0 spiro atoms. The molecular formula is C24H21ClN2O3. The van der Waals surface area contributed by atoms with Crippen LogP contribution in [-0.2, 0) is 13.1 Å². The van der Waals surface area contributed by atoms with E-state index in [1.807, 2.05) is 31.2 Å². The molecular weight excluding hydrogens is 400 g/mol. The van der Waals surface area contributed by atoms with Crippen molar-refractivity contribution in [1.29, 1.82) is 0 Å². The lowest BCUT2D eigenvalue weighted by atomic mass is 10.0. The van der Waals surface area contributed by atoms with E-state index in [0.717, 1.165) is 11.1 Å². The fourth-order valence-corrected chi connectivity index (χ4v) is 3.49. The molecule has 0 aliphatic heterocycles. The lowest BCUT2D eigenvalue weighted by Crippen LogP contribution is -2.30. The van der Waals surface area contributed by atoms with Crippen molar-refractivity contribution < 1.29 is 13.7 Å². The molecule has 0 bridgehead atoms.